The molecule has 1 atom stereocenters. The standard InChI is InChI=1S/C31H26F3N3O4/c32-31(33,34)30(39)41-29(38)18-25(22-10-9-20-6-1-2-7-21(20)16-22)26-19-37-27-17-23(11-12-24(26)27)40-15-5-14-36-28-8-3-4-13-35-28/h1-4,6-13,16-17,19,25,37H,5,14-15,18H2,(H,35,36). The number of anilines is 1. The molecule has 0 aliphatic carbocycles. The fourth-order valence-electron chi connectivity index (χ4n) is 4.65. The number of carbonyl (C=O) groups excluding carboxylic acids is 2. The van der Waals surface area contributed by atoms with E-state index in [9.17, 15) is 22.8 Å². The van der Waals surface area contributed by atoms with E-state index in [4.69, 9.17) is 4.74 Å². The highest BCUT2D eigenvalue weighted by Gasteiger charge is 2.42. The summed E-state index contributed by atoms with van der Waals surface area (Å²) in [6, 6.07) is 24.3. The molecule has 7 nitrogen and oxygen atoms in total. The Morgan fingerprint density at radius 1 is 0.951 bits per heavy atom. The van der Waals surface area contributed by atoms with E-state index in [-0.39, 0.29) is 0 Å². The molecule has 3 aromatic carbocycles. The number of halogens is 3. The van der Waals surface area contributed by atoms with Crippen LogP contribution in [0.4, 0.5) is 19.0 Å². The van der Waals surface area contributed by atoms with E-state index in [1.165, 1.54) is 0 Å². The molecule has 2 N–H and O–H groups in total. The number of alkyl halides is 3. The molecule has 41 heavy (non-hydrogen) atoms. The van der Waals surface area contributed by atoms with Crippen molar-refractivity contribution in [1.29, 1.82) is 0 Å². The summed E-state index contributed by atoms with van der Waals surface area (Å²) in [6.45, 7) is 1.16. The van der Waals surface area contributed by atoms with Crippen LogP contribution < -0.4 is 10.1 Å². The summed E-state index contributed by atoms with van der Waals surface area (Å²) in [5, 5.41) is 5.86. The monoisotopic (exact) mass is 561 g/mol. The first-order chi connectivity index (χ1) is 19.8. The van der Waals surface area contributed by atoms with Crippen LogP contribution in [0.5, 0.6) is 5.75 Å². The van der Waals surface area contributed by atoms with Crippen molar-refractivity contribution in [3.8, 4) is 5.75 Å². The maximum Gasteiger partial charge on any atom is 0.491 e. The van der Waals surface area contributed by atoms with E-state index in [0.29, 0.717) is 30.0 Å². The number of hydrogen-bond donors (Lipinski definition) is 2. The zero-order chi connectivity index (χ0) is 28.8. The minimum Gasteiger partial charge on any atom is -0.493 e. The minimum atomic E-state index is -5.26. The van der Waals surface area contributed by atoms with Crippen LogP contribution in [0.25, 0.3) is 21.7 Å². The quantitative estimate of drug-likeness (QED) is 0.111. The van der Waals surface area contributed by atoms with Crippen LogP contribution in [0.3, 0.4) is 0 Å². The number of nitrogens with one attached hydrogen (secondary N) is 2. The van der Waals surface area contributed by atoms with Gasteiger partial charge >= 0.3 is 18.1 Å². The molecule has 0 aliphatic heterocycles. The van der Waals surface area contributed by atoms with Gasteiger partial charge in [0.2, 0.25) is 0 Å². The molecule has 5 rings (SSSR count). The predicted molar refractivity (Wildman–Crippen MR) is 149 cm³/mol. The number of H-pyrrole nitrogens is 1. The summed E-state index contributed by atoms with van der Waals surface area (Å²) in [4.78, 5) is 31.2. The second-order valence-corrected chi connectivity index (χ2v) is 9.42. The molecule has 0 aliphatic rings. The molecule has 0 bridgehead atoms. The fourth-order valence-corrected chi connectivity index (χ4v) is 4.65. The zero-order valence-electron chi connectivity index (χ0n) is 21.8. The molecule has 210 valence electrons. The lowest BCUT2D eigenvalue weighted by molar-refractivity contribution is -0.201. The lowest BCUT2D eigenvalue weighted by Crippen LogP contribution is -2.28. The van der Waals surface area contributed by atoms with Crippen LogP contribution in [0, 0.1) is 0 Å². The maximum atomic E-state index is 12.7. The van der Waals surface area contributed by atoms with Gasteiger partial charge in [0.15, 0.2) is 0 Å². The first-order valence-electron chi connectivity index (χ1n) is 13.0. The number of aromatic nitrogens is 2. The average Bonchev–Trinajstić information content (AvgIpc) is 3.38. The van der Waals surface area contributed by atoms with Gasteiger partial charge in [-0.1, -0.05) is 48.5 Å². The van der Waals surface area contributed by atoms with Crippen LogP contribution in [0.1, 0.15) is 29.9 Å². The summed E-state index contributed by atoms with van der Waals surface area (Å²) in [5.41, 5.74) is 2.11. The molecular formula is C31H26F3N3O4. The number of hydrogen-bond acceptors (Lipinski definition) is 6. The number of aromatic amines is 1. The molecule has 0 saturated heterocycles. The zero-order valence-corrected chi connectivity index (χ0v) is 21.8. The van der Waals surface area contributed by atoms with E-state index in [1.807, 2.05) is 72.8 Å². The van der Waals surface area contributed by atoms with E-state index >= 15 is 0 Å². The largest absolute Gasteiger partial charge is 0.493 e. The highest BCUT2D eigenvalue weighted by Crippen LogP contribution is 2.36. The molecule has 0 radical (unpaired) electrons. The van der Waals surface area contributed by atoms with E-state index < -0.39 is 30.5 Å². The molecule has 0 spiro atoms. The van der Waals surface area contributed by atoms with Crippen LogP contribution in [-0.4, -0.2) is 41.2 Å². The summed E-state index contributed by atoms with van der Waals surface area (Å²) < 4.78 is 48.2. The van der Waals surface area contributed by atoms with Gasteiger partial charge in [-0.15, -0.1) is 0 Å². The number of esters is 2. The first kappa shape index (κ1) is 27.7. The molecule has 1 unspecified atom stereocenters. The highest BCUT2D eigenvalue weighted by molar-refractivity contribution is 5.91. The van der Waals surface area contributed by atoms with Gasteiger partial charge in [-0.2, -0.15) is 13.2 Å². The Balaban J connectivity index is 1.34. The van der Waals surface area contributed by atoms with Crippen molar-refractivity contribution in [3.05, 3.63) is 102 Å². The number of fused-ring (bicyclic) bond motifs is 2. The van der Waals surface area contributed by atoms with Crippen molar-refractivity contribution in [2.75, 3.05) is 18.5 Å². The number of rotatable bonds is 10. The van der Waals surface area contributed by atoms with Gasteiger partial charge in [0, 0.05) is 41.8 Å². The normalized spacial score (nSPS) is 12.3. The van der Waals surface area contributed by atoms with Gasteiger partial charge in [0.05, 0.1) is 13.0 Å². The van der Waals surface area contributed by atoms with Crippen molar-refractivity contribution in [1.82, 2.24) is 9.97 Å². The van der Waals surface area contributed by atoms with Gasteiger partial charge in [0.25, 0.3) is 0 Å². The Kier molecular flexibility index (Phi) is 8.19. The minimum absolute atomic E-state index is 0.464. The van der Waals surface area contributed by atoms with E-state index in [2.05, 4.69) is 20.0 Å². The molecule has 0 fully saturated rings. The number of benzene rings is 3. The van der Waals surface area contributed by atoms with Gasteiger partial charge in [0.1, 0.15) is 11.6 Å². The smallest absolute Gasteiger partial charge is 0.491 e. The Labute approximate surface area is 233 Å². The number of carbonyl (C=O) groups is 2. The predicted octanol–water partition coefficient (Wildman–Crippen LogP) is 6.75. The number of nitrogens with zero attached hydrogens (tertiary/aromatic N) is 1. The Hall–Kier alpha value is -4.86. The van der Waals surface area contributed by atoms with Gasteiger partial charge in [-0.25, -0.2) is 9.78 Å². The topological polar surface area (TPSA) is 93.3 Å². The number of ether oxygens (including phenoxy) is 2. The van der Waals surface area contributed by atoms with Crippen LogP contribution in [-0.2, 0) is 14.3 Å². The third kappa shape index (κ3) is 6.84. The Morgan fingerprint density at radius 2 is 1.76 bits per heavy atom. The molecule has 2 aromatic heterocycles. The van der Waals surface area contributed by atoms with E-state index in [0.717, 1.165) is 33.9 Å². The summed E-state index contributed by atoms with van der Waals surface area (Å²) >= 11 is 0. The van der Waals surface area contributed by atoms with Crippen LogP contribution in [0.2, 0.25) is 0 Å². The average molecular weight is 562 g/mol. The fraction of sp³-hybridized carbons (Fsp3) is 0.194. The highest BCUT2D eigenvalue weighted by atomic mass is 19.4. The van der Waals surface area contributed by atoms with E-state index in [1.54, 1.807) is 18.5 Å². The van der Waals surface area contributed by atoms with Gasteiger partial charge < -0.3 is 19.8 Å². The van der Waals surface area contributed by atoms with Crippen molar-refractivity contribution in [3.63, 3.8) is 0 Å². The second-order valence-electron chi connectivity index (χ2n) is 9.42. The van der Waals surface area contributed by atoms with Crippen LogP contribution in [0.15, 0.2) is 91.3 Å². The van der Waals surface area contributed by atoms with Crippen LogP contribution >= 0.6 is 0 Å². The summed E-state index contributed by atoms with van der Waals surface area (Å²) in [5.74, 6) is -3.04. The molecule has 2 heterocycles. The first-order valence-corrected chi connectivity index (χ1v) is 13.0. The lowest BCUT2D eigenvalue weighted by Gasteiger charge is -2.17. The number of pyridine rings is 1. The second kappa shape index (κ2) is 12.1. The van der Waals surface area contributed by atoms with Crippen molar-refractivity contribution >= 4 is 39.4 Å². The SMILES string of the molecule is O=C(CC(c1ccc2ccccc2c1)c1c[nH]c2cc(OCCCNc3ccccn3)ccc12)OC(=O)C(F)(F)F. The molecular weight excluding hydrogens is 535 g/mol. The lowest BCUT2D eigenvalue weighted by atomic mass is 9.87. The van der Waals surface area contributed by atoms with Gasteiger partial charge in [-0.3, -0.25) is 4.79 Å². The third-order valence-electron chi connectivity index (χ3n) is 6.61. The molecule has 5 aromatic rings. The summed E-state index contributed by atoms with van der Waals surface area (Å²) in [6.07, 6.45) is -1.56. The third-order valence-corrected chi connectivity index (χ3v) is 6.61. The van der Waals surface area contributed by atoms with Crippen molar-refractivity contribution < 1.29 is 32.2 Å². The Morgan fingerprint density at radius 3 is 2.54 bits per heavy atom. The molecule has 0 amide bonds. The molecule has 0 saturated carbocycles. The summed E-state index contributed by atoms with van der Waals surface area (Å²) in [7, 11) is 0. The Bertz CT molecular complexity index is 1670. The van der Waals surface area contributed by atoms with Crippen molar-refractivity contribution in [2.24, 2.45) is 0 Å². The van der Waals surface area contributed by atoms with Crippen molar-refractivity contribution in [2.45, 2.75) is 24.9 Å². The maximum absolute atomic E-state index is 12.7. The van der Waals surface area contributed by atoms with Gasteiger partial charge in [-0.05, 0) is 52.6 Å². The molecule has 10 heteroatoms.